The number of carbonyl (C=O) groups excluding carboxylic acids is 2. The summed E-state index contributed by atoms with van der Waals surface area (Å²) in [7, 11) is -3.48. The van der Waals surface area contributed by atoms with Crippen LogP contribution in [0.2, 0.25) is 5.02 Å². The molecule has 0 spiro atoms. The highest BCUT2D eigenvalue weighted by Gasteiger charge is 2.28. The summed E-state index contributed by atoms with van der Waals surface area (Å²) in [6.45, 7) is 3.38. The minimum Gasteiger partial charge on any atom is -0.350 e. The van der Waals surface area contributed by atoms with E-state index in [0.717, 1.165) is 29.5 Å². The number of nitrogens with zero attached hydrogens (tertiary/aromatic N) is 3. The lowest BCUT2D eigenvalue weighted by Gasteiger charge is -2.29. The summed E-state index contributed by atoms with van der Waals surface area (Å²) in [6.07, 6.45) is 5.71. The van der Waals surface area contributed by atoms with Crippen LogP contribution in [0.25, 0.3) is 0 Å². The quantitative estimate of drug-likeness (QED) is 0.374. The van der Waals surface area contributed by atoms with Crippen molar-refractivity contribution < 1.29 is 18.0 Å². The van der Waals surface area contributed by atoms with Crippen LogP contribution >= 0.6 is 11.6 Å². The van der Waals surface area contributed by atoms with Gasteiger partial charge in [-0.25, -0.2) is 8.42 Å². The standard InChI is InChI=1S/C29H33ClN4O4S/c1-22(29(36)32-20-25-5-4-16-31-19-25)34(21-24-6-11-26(30)12-7-24)28(35)15-10-23-8-13-27(14-9-23)39(37,38)33-17-2-3-18-33/h4-9,11-14,16,19,22H,2-3,10,15,17-18,20-21H2,1H3,(H,32,36)/t22-/m1/s1. The van der Waals surface area contributed by atoms with Crippen molar-refractivity contribution in [2.24, 2.45) is 0 Å². The molecule has 1 atom stereocenters. The molecule has 8 nitrogen and oxygen atoms in total. The molecule has 3 aromatic rings. The Morgan fingerprint density at radius 2 is 1.67 bits per heavy atom. The number of rotatable bonds is 11. The van der Waals surface area contributed by atoms with Gasteiger partial charge in [0.15, 0.2) is 0 Å². The highest BCUT2D eigenvalue weighted by atomic mass is 35.5. The minimum atomic E-state index is -3.48. The fourth-order valence-electron chi connectivity index (χ4n) is 4.51. The van der Waals surface area contributed by atoms with Crippen LogP contribution in [-0.4, -0.2) is 53.6 Å². The molecule has 0 radical (unpaired) electrons. The Bertz CT molecular complexity index is 1360. The molecule has 2 aromatic carbocycles. The predicted octanol–water partition coefficient (Wildman–Crippen LogP) is 4.19. The van der Waals surface area contributed by atoms with Gasteiger partial charge in [-0.15, -0.1) is 0 Å². The fraction of sp³-hybridized carbons (Fsp3) is 0.345. The third kappa shape index (κ3) is 7.65. The van der Waals surface area contributed by atoms with Gasteiger partial charge in [-0.1, -0.05) is 41.9 Å². The Labute approximate surface area is 235 Å². The number of sulfonamides is 1. The van der Waals surface area contributed by atoms with E-state index in [2.05, 4.69) is 10.3 Å². The van der Waals surface area contributed by atoms with Gasteiger partial charge in [0.05, 0.1) is 4.90 Å². The van der Waals surface area contributed by atoms with Crippen LogP contribution in [0.1, 0.15) is 42.9 Å². The van der Waals surface area contributed by atoms with E-state index in [0.29, 0.717) is 31.1 Å². The molecule has 39 heavy (non-hydrogen) atoms. The van der Waals surface area contributed by atoms with E-state index in [1.54, 1.807) is 66.7 Å². The second kappa shape index (κ2) is 13.2. The van der Waals surface area contributed by atoms with Gasteiger partial charge in [-0.2, -0.15) is 4.31 Å². The molecular formula is C29H33ClN4O4S. The third-order valence-electron chi connectivity index (χ3n) is 6.88. The summed E-state index contributed by atoms with van der Waals surface area (Å²) in [4.78, 5) is 32.3. The lowest BCUT2D eigenvalue weighted by molar-refractivity contribution is -0.140. The molecule has 2 heterocycles. The van der Waals surface area contributed by atoms with Gasteiger partial charge in [-0.05, 0) is 73.2 Å². The maximum atomic E-state index is 13.4. The molecule has 0 unspecified atom stereocenters. The Morgan fingerprint density at radius 1 is 1.00 bits per heavy atom. The first-order chi connectivity index (χ1) is 18.7. The van der Waals surface area contributed by atoms with E-state index in [9.17, 15) is 18.0 Å². The number of aromatic nitrogens is 1. The average molecular weight is 569 g/mol. The van der Waals surface area contributed by atoms with Crippen LogP contribution in [0.4, 0.5) is 0 Å². The van der Waals surface area contributed by atoms with E-state index in [-0.39, 0.29) is 29.7 Å². The number of aryl methyl sites for hydroxylation is 1. The van der Waals surface area contributed by atoms with E-state index in [1.807, 2.05) is 18.2 Å². The lowest BCUT2D eigenvalue weighted by atomic mass is 10.1. The molecule has 1 aliphatic heterocycles. The molecule has 1 fully saturated rings. The van der Waals surface area contributed by atoms with Crippen molar-refractivity contribution in [3.8, 4) is 0 Å². The number of benzene rings is 2. The van der Waals surface area contributed by atoms with Gasteiger partial charge < -0.3 is 10.2 Å². The average Bonchev–Trinajstić information content (AvgIpc) is 3.51. The largest absolute Gasteiger partial charge is 0.350 e. The van der Waals surface area contributed by atoms with Crippen LogP contribution in [-0.2, 0) is 39.1 Å². The number of nitrogens with one attached hydrogen (secondary N) is 1. The van der Waals surface area contributed by atoms with E-state index in [4.69, 9.17) is 11.6 Å². The van der Waals surface area contributed by atoms with Crippen molar-refractivity contribution in [2.75, 3.05) is 13.1 Å². The van der Waals surface area contributed by atoms with Crippen LogP contribution < -0.4 is 5.32 Å². The summed E-state index contributed by atoms with van der Waals surface area (Å²) in [5.41, 5.74) is 2.57. The second-order valence-corrected chi connectivity index (χ2v) is 12.0. The number of pyridine rings is 1. The predicted molar refractivity (Wildman–Crippen MR) is 150 cm³/mol. The maximum absolute atomic E-state index is 13.4. The lowest BCUT2D eigenvalue weighted by Crippen LogP contribution is -2.47. The fourth-order valence-corrected chi connectivity index (χ4v) is 6.15. The molecule has 0 bridgehead atoms. The molecule has 0 saturated carbocycles. The first-order valence-electron chi connectivity index (χ1n) is 13.0. The first kappa shape index (κ1) is 28.7. The zero-order valence-corrected chi connectivity index (χ0v) is 23.5. The SMILES string of the molecule is C[C@H](C(=O)NCc1cccnc1)N(Cc1ccc(Cl)cc1)C(=O)CCc1ccc(S(=O)(=O)N2CCCC2)cc1. The molecule has 206 valence electrons. The van der Waals surface area contributed by atoms with Crippen LogP contribution in [0.15, 0.2) is 78.0 Å². The van der Waals surface area contributed by atoms with E-state index in [1.165, 1.54) is 4.31 Å². The molecule has 1 aliphatic rings. The molecular weight excluding hydrogens is 536 g/mol. The van der Waals surface area contributed by atoms with Gasteiger partial charge in [0.2, 0.25) is 21.8 Å². The monoisotopic (exact) mass is 568 g/mol. The highest BCUT2D eigenvalue weighted by molar-refractivity contribution is 7.89. The van der Waals surface area contributed by atoms with Crippen molar-refractivity contribution in [3.05, 3.63) is 94.8 Å². The van der Waals surface area contributed by atoms with Crippen molar-refractivity contribution in [2.45, 2.75) is 56.6 Å². The Hall–Kier alpha value is -3.27. The highest BCUT2D eigenvalue weighted by Crippen LogP contribution is 2.22. The molecule has 1 saturated heterocycles. The number of hydrogen-bond donors (Lipinski definition) is 1. The van der Waals surface area contributed by atoms with Gasteiger partial charge in [0.25, 0.3) is 0 Å². The van der Waals surface area contributed by atoms with Crippen molar-refractivity contribution in [3.63, 3.8) is 0 Å². The Kier molecular flexibility index (Phi) is 9.72. The number of carbonyl (C=O) groups is 2. The van der Waals surface area contributed by atoms with Crippen molar-refractivity contribution in [1.82, 2.24) is 19.5 Å². The Morgan fingerprint density at radius 3 is 2.31 bits per heavy atom. The summed E-state index contributed by atoms with van der Waals surface area (Å²) < 4.78 is 27.1. The molecule has 2 amide bonds. The number of hydrogen-bond acceptors (Lipinski definition) is 5. The zero-order chi connectivity index (χ0) is 27.8. The zero-order valence-electron chi connectivity index (χ0n) is 21.9. The summed E-state index contributed by atoms with van der Waals surface area (Å²) in [6, 6.07) is 16.9. The normalized spacial score (nSPS) is 14.6. The van der Waals surface area contributed by atoms with Crippen LogP contribution in [0, 0.1) is 0 Å². The summed E-state index contributed by atoms with van der Waals surface area (Å²) in [5, 5.41) is 3.48. The summed E-state index contributed by atoms with van der Waals surface area (Å²) >= 11 is 6.03. The molecule has 10 heteroatoms. The van der Waals surface area contributed by atoms with Crippen LogP contribution in [0.3, 0.4) is 0 Å². The van der Waals surface area contributed by atoms with Crippen LogP contribution in [0.5, 0.6) is 0 Å². The molecule has 0 aliphatic carbocycles. The molecule has 1 N–H and O–H groups in total. The summed E-state index contributed by atoms with van der Waals surface area (Å²) in [5.74, 6) is -0.444. The molecule has 1 aromatic heterocycles. The van der Waals surface area contributed by atoms with Crippen molar-refractivity contribution in [1.29, 1.82) is 0 Å². The Balaban J connectivity index is 1.42. The molecule has 4 rings (SSSR count). The smallest absolute Gasteiger partial charge is 0.243 e. The minimum absolute atomic E-state index is 0.173. The third-order valence-corrected chi connectivity index (χ3v) is 9.04. The van der Waals surface area contributed by atoms with Crippen molar-refractivity contribution >= 4 is 33.4 Å². The number of halogens is 1. The second-order valence-electron chi connectivity index (χ2n) is 9.66. The van der Waals surface area contributed by atoms with Gasteiger partial charge in [0.1, 0.15) is 6.04 Å². The maximum Gasteiger partial charge on any atom is 0.243 e. The van der Waals surface area contributed by atoms with Gasteiger partial charge in [0, 0.05) is 50.0 Å². The topological polar surface area (TPSA) is 99.7 Å². The van der Waals surface area contributed by atoms with Gasteiger partial charge >= 0.3 is 0 Å². The van der Waals surface area contributed by atoms with Gasteiger partial charge in [-0.3, -0.25) is 14.6 Å². The van der Waals surface area contributed by atoms with E-state index < -0.39 is 16.1 Å². The first-order valence-corrected chi connectivity index (χ1v) is 14.9. The van der Waals surface area contributed by atoms with E-state index >= 15 is 0 Å². The number of amides is 2.